The summed E-state index contributed by atoms with van der Waals surface area (Å²) in [5.74, 6) is 0. The minimum Gasteiger partial charge on any atom is -0.377 e. The largest absolute Gasteiger partial charge is 0.377 e. The van der Waals surface area contributed by atoms with Crippen LogP contribution in [0.3, 0.4) is 0 Å². The molecule has 0 radical (unpaired) electrons. The zero-order valence-corrected chi connectivity index (χ0v) is 12.0. The molecule has 0 bridgehead atoms. The van der Waals surface area contributed by atoms with E-state index in [0.717, 1.165) is 6.29 Å². The van der Waals surface area contributed by atoms with Crippen LogP contribution in [-0.2, 0) is 11.3 Å². The molecular formula is C13H16N2O4S. The Morgan fingerprint density at radius 2 is 2.15 bits per heavy atom. The molecule has 108 valence electrons. The van der Waals surface area contributed by atoms with Crippen molar-refractivity contribution in [3.8, 4) is 0 Å². The lowest BCUT2D eigenvalue weighted by atomic mass is 10.1. The first kappa shape index (κ1) is 15.0. The smallest absolute Gasteiger partial charge is 0.273 e. The molecule has 1 heterocycles. The minimum absolute atomic E-state index is 0.000875. The van der Waals surface area contributed by atoms with E-state index in [1.165, 1.54) is 17.8 Å². The second-order valence-corrected chi connectivity index (χ2v) is 6.95. The Morgan fingerprint density at radius 3 is 2.75 bits per heavy atom. The van der Waals surface area contributed by atoms with Crippen molar-refractivity contribution in [2.45, 2.75) is 36.7 Å². The standard InChI is InChI=1S/C13H16N2O4S/c1-13(2)12(17)14(11(8-16)20-13)7-9-5-3-4-6-10(9)15(18)19/h3-6,8,11-12,17H,7H2,1-2H3. The molecule has 1 aromatic carbocycles. The summed E-state index contributed by atoms with van der Waals surface area (Å²) in [6.45, 7) is 3.86. The molecule has 2 unspecified atom stereocenters. The second-order valence-electron chi connectivity index (χ2n) is 5.18. The van der Waals surface area contributed by atoms with Gasteiger partial charge in [-0.2, -0.15) is 0 Å². The number of rotatable bonds is 4. The van der Waals surface area contributed by atoms with E-state index in [-0.39, 0.29) is 12.2 Å². The van der Waals surface area contributed by atoms with Crippen molar-refractivity contribution in [2.24, 2.45) is 0 Å². The molecular weight excluding hydrogens is 280 g/mol. The van der Waals surface area contributed by atoms with E-state index >= 15 is 0 Å². The maximum absolute atomic E-state index is 11.2. The van der Waals surface area contributed by atoms with Crippen LogP contribution in [0.1, 0.15) is 19.4 Å². The van der Waals surface area contributed by atoms with E-state index < -0.39 is 21.3 Å². The number of nitrogens with zero attached hydrogens (tertiary/aromatic N) is 2. The SMILES string of the molecule is CC1(C)SC(C=O)N(Cc2ccccc2[N+](=O)[O-])C1O. The third-order valence-corrected chi connectivity index (χ3v) is 4.79. The average Bonchev–Trinajstić information content (AvgIpc) is 2.62. The molecule has 1 saturated heterocycles. The summed E-state index contributed by atoms with van der Waals surface area (Å²) in [4.78, 5) is 23.3. The van der Waals surface area contributed by atoms with Crippen molar-refractivity contribution < 1.29 is 14.8 Å². The number of hydrogen-bond acceptors (Lipinski definition) is 6. The van der Waals surface area contributed by atoms with Crippen LogP contribution in [0.4, 0.5) is 5.69 Å². The Morgan fingerprint density at radius 1 is 1.50 bits per heavy atom. The number of carbonyl (C=O) groups excluding carboxylic acids is 1. The minimum atomic E-state index is -0.831. The molecule has 0 amide bonds. The van der Waals surface area contributed by atoms with E-state index in [9.17, 15) is 20.0 Å². The van der Waals surface area contributed by atoms with Crippen molar-refractivity contribution in [3.63, 3.8) is 0 Å². The third kappa shape index (κ3) is 2.70. The maximum Gasteiger partial charge on any atom is 0.273 e. The summed E-state index contributed by atoms with van der Waals surface area (Å²) in [6.07, 6.45) is -0.0697. The van der Waals surface area contributed by atoms with Gasteiger partial charge in [0.25, 0.3) is 5.69 Å². The van der Waals surface area contributed by atoms with Crippen molar-refractivity contribution >= 4 is 23.7 Å². The molecule has 0 spiro atoms. The van der Waals surface area contributed by atoms with E-state index in [2.05, 4.69) is 0 Å². The summed E-state index contributed by atoms with van der Waals surface area (Å²) in [5, 5.41) is 20.8. The number of aliphatic hydroxyl groups excluding tert-OH is 1. The summed E-state index contributed by atoms with van der Waals surface area (Å²) in [5.41, 5.74) is 0.487. The molecule has 20 heavy (non-hydrogen) atoms. The molecule has 7 heteroatoms. The zero-order chi connectivity index (χ0) is 14.9. The highest BCUT2D eigenvalue weighted by molar-refractivity contribution is 8.02. The molecule has 1 aliphatic rings. The lowest BCUT2D eigenvalue weighted by Crippen LogP contribution is -2.42. The van der Waals surface area contributed by atoms with Crippen LogP contribution in [0.15, 0.2) is 24.3 Å². The number of aldehydes is 1. The lowest BCUT2D eigenvalue weighted by Gasteiger charge is -2.27. The zero-order valence-electron chi connectivity index (χ0n) is 11.2. The van der Waals surface area contributed by atoms with E-state index in [4.69, 9.17) is 0 Å². The predicted molar refractivity (Wildman–Crippen MR) is 76.2 cm³/mol. The first-order valence-corrected chi connectivity index (χ1v) is 7.04. The Bertz CT molecular complexity index is 535. The summed E-state index contributed by atoms with van der Waals surface area (Å²) < 4.78 is -0.491. The normalized spacial score (nSPS) is 25.6. The van der Waals surface area contributed by atoms with Gasteiger partial charge in [-0.3, -0.25) is 15.0 Å². The topological polar surface area (TPSA) is 83.7 Å². The number of para-hydroxylation sites is 1. The highest BCUT2D eigenvalue weighted by atomic mass is 32.2. The van der Waals surface area contributed by atoms with Crippen molar-refractivity contribution in [1.82, 2.24) is 4.90 Å². The van der Waals surface area contributed by atoms with Crippen LogP contribution in [0.25, 0.3) is 0 Å². The van der Waals surface area contributed by atoms with Crippen LogP contribution < -0.4 is 0 Å². The monoisotopic (exact) mass is 296 g/mol. The highest BCUT2D eigenvalue weighted by Gasteiger charge is 2.46. The van der Waals surface area contributed by atoms with Gasteiger partial charge in [-0.05, 0) is 13.8 Å². The van der Waals surface area contributed by atoms with Crippen molar-refractivity contribution in [1.29, 1.82) is 0 Å². The number of hydrogen-bond donors (Lipinski definition) is 1. The molecule has 6 nitrogen and oxygen atoms in total. The molecule has 0 saturated carbocycles. The fourth-order valence-corrected chi connectivity index (χ4v) is 3.54. The van der Waals surface area contributed by atoms with Gasteiger partial charge >= 0.3 is 0 Å². The number of nitro groups is 1. The average molecular weight is 296 g/mol. The van der Waals surface area contributed by atoms with E-state index in [1.807, 2.05) is 13.8 Å². The van der Waals surface area contributed by atoms with Gasteiger partial charge in [-0.25, -0.2) is 0 Å². The quantitative estimate of drug-likeness (QED) is 0.518. The van der Waals surface area contributed by atoms with Gasteiger partial charge in [-0.15, -0.1) is 11.8 Å². The third-order valence-electron chi connectivity index (χ3n) is 3.34. The number of carbonyl (C=O) groups is 1. The Labute approximate surface area is 120 Å². The van der Waals surface area contributed by atoms with Gasteiger partial charge in [0.1, 0.15) is 17.9 Å². The van der Waals surface area contributed by atoms with E-state index in [0.29, 0.717) is 5.56 Å². The molecule has 2 rings (SSSR count). The summed E-state index contributed by atoms with van der Waals surface area (Å²) >= 11 is 1.36. The Hall–Kier alpha value is -1.44. The van der Waals surface area contributed by atoms with Crippen LogP contribution in [0, 0.1) is 10.1 Å². The van der Waals surface area contributed by atoms with E-state index in [1.54, 1.807) is 23.1 Å². The van der Waals surface area contributed by atoms with Gasteiger partial charge < -0.3 is 9.90 Å². The summed E-state index contributed by atoms with van der Waals surface area (Å²) in [7, 11) is 0. The number of nitro benzene ring substituents is 1. The molecule has 1 fully saturated rings. The predicted octanol–water partition coefficient (Wildman–Crippen LogP) is 1.77. The fourth-order valence-electron chi connectivity index (χ4n) is 2.28. The van der Waals surface area contributed by atoms with Gasteiger partial charge in [0.2, 0.25) is 0 Å². The Balaban J connectivity index is 2.29. The highest BCUT2D eigenvalue weighted by Crippen LogP contribution is 2.43. The molecule has 0 aromatic heterocycles. The number of benzene rings is 1. The van der Waals surface area contributed by atoms with Crippen LogP contribution >= 0.6 is 11.8 Å². The molecule has 1 aromatic rings. The fraction of sp³-hybridized carbons (Fsp3) is 0.462. The molecule has 2 atom stereocenters. The second kappa shape index (κ2) is 5.51. The van der Waals surface area contributed by atoms with Gasteiger partial charge in [0.05, 0.1) is 9.67 Å². The summed E-state index contributed by atoms with van der Waals surface area (Å²) in [6, 6.07) is 6.37. The first-order chi connectivity index (χ1) is 9.36. The maximum atomic E-state index is 11.2. The molecule has 1 aliphatic heterocycles. The van der Waals surface area contributed by atoms with Gasteiger partial charge in [-0.1, -0.05) is 18.2 Å². The molecule has 1 N–H and O–H groups in total. The van der Waals surface area contributed by atoms with Crippen LogP contribution in [-0.4, -0.2) is 37.6 Å². The first-order valence-electron chi connectivity index (χ1n) is 6.16. The number of thioether (sulfide) groups is 1. The van der Waals surface area contributed by atoms with Crippen molar-refractivity contribution in [3.05, 3.63) is 39.9 Å². The van der Waals surface area contributed by atoms with Gasteiger partial charge in [0.15, 0.2) is 0 Å². The number of aliphatic hydroxyl groups is 1. The molecule has 0 aliphatic carbocycles. The van der Waals surface area contributed by atoms with Crippen molar-refractivity contribution in [2.75, 3.05) is 0 Å². The van der Waals surface area contributed by atoms with Gasteiger partial charge in [0, 0.05) is 18.2 Å². The lowest BCUT2D eigenvalue weighted by molar-refractivity contribution is -0.385. The van der Waals surface area contributed by atoms with Crippen LogP contribution in [0.2, 0.25) is 0 Å². The van der Waals surface area contributed by atoms with Crippen LogP contribution in [0.5, 0.6) is 0 Å². The Kier molecular flexibility index (Phi) is 4.12.